The summed E-state index contributed by atoms with van der Waals surface area (Å²) in [6.07, 6.45) is 2.40. The van der Waals surface area contributed by atoms with E-state index in [2.05, 4.69) is 5.32 Å². The molecule has 2 unspecified atom stereocenters. The Morgan fingerprint density at radius 1 is 1.47 bits per heavy atom. The van der Waals surface area contributed by atoms with Gasteiger partial charge in [-0.1, -0.05) is 12.1 Å². The number of nitrogens with one attached hydrogen (secondary N) is 1. The zero-order valence-corrected chi connectivity index (χ0v) is 9.53. The molecule has 17 heavy (non-hydrogen) atoms. The van der Waals surface area contributed by atoms with Crippen molar-refractivity contribution in [3.8, 4) is 0 Å². The molecule has 0 bridgehead atoms. The van der Waals surface area contributed by atoms with Crippen molar-refractivity contribution in [3.63, 3.8) is 0 Å². The molecule has 1 aliphatic carbocycles. The van der Waals surface area contributed by atoms with Crippen LogP contribution in [-0.4, -0.2) is 23.7 Å². The third-order valence-electron chi connectivity index (χ3n) is 3.30. The highest BCUT2D eigenvalue weighted by Crippen LogP contribution is 2.27. The van der Waals surface area contributed by atoms with Crippen molar-refractivity contribution in [1.82, 2.24) is 5.32 Å². The first-order chi connectivity index (χ1) is 8.16. The summed E-state index contributed by atoms with van der Waals surface area (Å²) in [7, 11) is 0. The van der Waals surface area contributed by atoms with Crippen molar-refractivity contribution < 1.29 is 14.3 Å². The van der Waals surface area contributed by atoms with Crippen molar-refractivity contribution in [2.45, 2.75) is 25.3 Å². The number of carboxylic acid groups (broad SMARTS) is 1. The van der Waals surface area contributed by atoms with Crippen LogP contribution in [0.5, 0.6) is 0 Å². The molecule has 0 aliphatic heterocycles. The molecule has 1 saturated carbocycles. The number of carboxylic acids is 1. The molecule has 2 rings (SSSR count). The van der Waals surface area contributed by atoms with Gasteiger partial charge in [-0.05, 0) is 43.5 Å². The predicted molar refractivity (Wildman–Crippen MR) is 62.3 cm³/mol. The van der Waals surface area contributed by atoms with Crippen molar-refractivity contribution in [1.29, 1.82) is 0 Å². The van der Waals surface area contributed by atoms with E-state index in [1.165, 1.54) is 12.1 Å². The molecule has 0 saturated heterocycles. The summed E-state index contributed by atoms with van der Waals surface area (Å²) in [4.78, 5) is 10.8. The summed E-state index contributed by atoms with van der Waals surface area (Å²) in [5.41, 5.74) is 0.934. The van der Waals surface area contributed by atoms with Gasteiger partial charge in [-0.15, -0.1) is 0 Å². The van der Waals surface area contributed by atoms with E-state index in [1.807, 2.05) is 6.07 Å². The van der Waals surface area contributed by atoms with Crippen LogP contribution < -0.4 is 5.32 Å². The topological polar surface area (TPSA) is 49.3 Å². The first-order valence-electron chi connectivity index (χ1n) is 5.87. The minimum Gasteiger partial charge on any atom is -0.481 e. The fourth-order valence-corrected chi connectivity index (χ4v) is 2.13. The summed E-state index contributed by atoms with van der Waals surface area (Å²) in [6, 6.07) is 6.58. The van der Waals surface area contributed by atoms with E-state index in [0.717, 1.165) is 24.8 Å². The average molecular weight is 237 g/mol. The Hall–Kier alpha value is -1.42. The van der Waals surface area contributed by atoms with Gasteiger partial charge in [-0.3, -0.25) is 4.79 Å². The van der Waals surface area contributed by atoms with Gasteiger partial charge in [0.2, 0.25) is 0 Å². The van der Waals surface area contributed by atoms with Crippen LogP contribution in [0.2, 0.25) is 0 Å². The van der Waals surface area contributed by atoms with Crippen LogP contribution in [-0.2, 0) is 11.2 Å². The number of aliphatic carboxylic acids is 1. The summed E-state index contributed by atoms with van der Waals surface area (Å²) in [5.74, 6) is -1.20. The fraction of sp³-hybridized carbons (Fsp3) is 0.462. The maximum atomic E-state index is 12.9. The monoisotopic (exact) mass is 237 g/mol. The predicted octanol–water partition coefficient (Wildman–Crippen LogP) is 1.82. The summed E-state index contributed by atoms with van der Waals surface area (Å²) < 4.78 is 12.9. The summed E-state index contributed by atoms with van der Waals surface area (Å²) >= 11 is 0. The third-order valence-corrected chi connectivity index (χ3v) is 3.30. The van der Waals surface area contributed by atoms with E-state index in [-0.39, 0.29) is 17.8 Å². The molecule has 1 aromatic carbocycles. The second kappa shape index (κ2) is 5.27. The molecule has 3 nitrogen and oxygen atoms in total. The number of benzene rings is 1. The van der Waals surface area contributed by atoms with E-state index in [4.69, 9.17) is 5.11 Å². The van der Waals surface area contributed by atoms with Gasteiger partial charge >= 0.3 is 5.97 Å². The van der Waals surface area contributed by atoms with Gasteiger partial charge < -0.3 is 10.4 Å². The Morgan fingerprint density at radius 2 is 2.29 bits per heavy atom. The molecule has 2 atom stereocenters. The molecular weight excluding hydrogens is 221 g/mol. The first-order valence-corrected chi connectivity index (χ1v) is 5.87. The molecule has 1 aliphatic rings. The van der Waals surface area contributed by atoms with Gasteiger partial charge in [0.25, 0.3) is 0 Å². The minimum absolute atomic E-state index is 0.0843. The quantitative estimate of drug-likeness (QED) is 0.821. The largest absolute Gasteiger partial charge is 0.481 e. The average Bonchev–Trinajstić information content (AvgIpc) is 2.22. The van der Waals surface area contributed by atoms with Gasteiger partial charge in [0.15, 0.2) is 0 Å². The number of carbonyl (C=O) groups is 1. The van der Waals surface area contributed by atoms with Crippen LogP contribution in [0, 0.1) is 11.7 Å². The van der Waals surface area contributed by atoms with Gasteiger partial charge in [-0.2, -0.15) is 0 Å². The highest BCUT2D eigenvalue weighted by molar-refractivity contribution is 5.72. The number of hydrogen-bond acceptors (Lipinski definition) is 2. The Labute approximate surface area is 99.7 Å². The molecule has 0 aromatic heterocycles. The molecular formula is C13H16FNO2. The molecule has 4 heteroatoms. The Morgan fingerprint density at radius 3 is 2.88 bits per heavy atom. The molecule has 0 radical (unpaired) electrons. The maximum absolute atomic E-state index is 12.9. The van der Waals surface area contributed by atoms with Crippen molar-refractivity contribution in [3.05, 3.63) is 35.6 Å². The smallest absolute Gasteiger partial charge is 0.308 e. The maximum Gasteiger partial charge on any atom is 0.308 e. The van der Waals surface area contributed by atoms with E-state index >= 15 is 0 Å². The number of halogens is 1. The molecule has 0 heterocycles. The van der Waals surface area contributed by atoms with Crippen molar-refractivity contribution in [2.75, 3.05) is 6.54 Å². The summed E-state index contributed by atoms with van der Waals surface area (Å²) in [6.45, 7) is 0.692. The highest BCUT2D eigenvalue weighted by atomic mass is 19.1. The third kappa shape index (κ3) is 3.03. The van der Waals surface area contributed by atoms with E-state index in [9.17, 15) is 9.18 Å². The van der Waals surface area contributed by atoms with E-state index < -0.39 is 5.97 Å². The lowest BCUT2D eigenvalue weighted by molar-refractivity contribution is -0.146. The van der Waals surface area contributed by atoms with Gasteiger partial charge in [-0.25, -0.2) is 4.39 Å². The van der Waals surface area contributed by atoms with Crippen LogP contribution in [0.3, 0.4) is 0 Å². The van der Waals surface area contributed by atoms with Crippen LogP contribution in [0.4, 0.5) is 4.39 Å². The molecule has 2 N–H and O–H groups in total. The second-order valence-corrected chi connectivity index (χ2v) is 4.46. The Bertz CT molecular complexity index is 408. The zero-order valence-electron chi connectivity index (χ0n) is 9.53. The summed E-state index contributed by atoms with van der Waals surface area (Å²) in [5, 5.41) is 12.1. The molecule has 1 aromatic rings. The lowest BCUT2D eigenvalue weighted by atomic mass is 9.79. The normalized spacial score (nSPS) is 23.1. The standard InChI is InChI=1S/C13H16FNO2/c14-10-3-1-2-9(8-10)6-7-15-12-5-4-11(12)13(16)17/h1-3,8,11-12,15H,4-7H2,(H,16,17). The van der Waals surface area contributed by atoms with Gasteiger partial charge in [0.1, 0.15) is 5.82 Å². The van der Waals surface area contributed by atoms with Crippen molar-refractivity contribution in [2.24, 2.45) is 5.92 Å². The van der Waals surface area contributed by atoms with Crippen LogP contribution in [0.15, 0.2) is 24.3 Å². The lowest BCUT2D eigenvalue weighted by Crippen LogP contribution is -2.48. The van der Waals surface area contributed by atoms with E-state index in [1.54, 1.807) is 6.07 Å². The van der Waals surface area contributed by atoms with Gasteiger partial charge in [0, 0.05) is 6.04 Å². The lowest BCUT2D eigenvalue weighted by Gasteiger charge is -2.34. The van der Waals surface area contributed by atoms with Crippen LogP contribution in [0.25, 0.3) is 0 Å². The molecule has 1 fully saturated rings. The Balaban J connectivity index is 1.75. The van der Waals surface area contributed by atoms with Gasteiger partial charge in [0.05, 0.1) is 5.92 Å². The molecule has 0 spiro atoms. The molecule has 0 amide bonds. The second-order valence-electron chi connectivity index (χ2n) is 4.46. The van der Waals surface area contributed by atoms with Crippen molar-refractivity contribution >= 4 is 5.97 Å². The minimum atomic E-state index is -0.723. The first kappa shape index (κ1) is 12.0. The number of rotatable bonds is 5. The number of hydrogen-bond donors (Lipinski definition) is 2. The van der Waals surface area contributed by atoms with E-state index in [0.29, 0.717) is 6.54 Å². The Kier molecular flexibility index (Phi) is 3.74. The SMILES string of the molecule is O=C(O)C1CCC1NCCc1cccc(F)c1. The van der Waals surface area contributed by atoms with Crippen LogP contribution in [0.1, 0.15) is 18.4 Å². The molecule has 92 valence electrons. The zero-order chi connectivity index (χ0) is 12.3. The fourth-order valence-electron chi connectivity index (χ4n) is 2.13. The highest BCUT2D eigenvalue weighted by Gasteiger charge is 2.35. The van der Waals surface area contributed by atoms with Crippen LogP contribution >= 0.6 is 0 Å².